The van der Waals surface area contributed by atoms with Gasteiger partial charge >= 0.3 is 5.97 Å². The number of hydrogen-bond acceptors (Lipinski definition) is 5. The number of pyridine rings is 1. The van der Waals surface area contributed by atoms with Gasteiger partial charge in [0, 0.05) is 24.9 Å². The average molecular weight is 420 g/mol. The number of methoxy groups -OCH3 is 1. The monoisotopic (exact) mass is 419 g/mol. The zero-order valence-corrected chi connectivity index (χ0v) is 18.0. The van der Waals surface area contributed by atoms with Crippen molar-refractivity contribution >= 4 is 50.3 Å². The highest BCUT2D eigenvalue weighted by molar-refractivity contribution is 7.21. The third-order valence-electron chi connectivity index (χ3n) is 4.78. The summed E-state index contributed by atoms with van der Waals surface area (Å²) in [5.74, 6) is -0.478. The van der Waals surface area contributed by atoms with Gasteiger partial charge < -0.3 is 9.64 Å². The molecule has 0 aliphatic rings. The minimum absolute atomic E-state index is 0.136. The average Bonchev–Trinajstić information content (AvgIpc) is 3.12. The van der Waals surface area contributed by atoms with Crippen LogP contribution in [0.5, 0.6) is 0 Å². The lowest BCUT2D eigenvalue weighted by molar-refractivity contribution is 0.0607. The van der Waals surface area contributed by atoms with E-state index in [4.69, 9.17) is 4.74 Å². The summed E-state index contributed by atoms with van der Waals surface area (Å²) >= 11 is 1.22. The molecule has 0 bridgehead atoms. The summed E-state index contributed by atoms with van der Waals surface area (Å²) in [6.07, 6.45) is 1.64. The first-order valence-corrected chi connectivity index (χ1v) is 10.2. The maximum atomic E-state index is 13.5. The lowest BCUT2D eigenvalue weighted by Gasteiger charge is -2.11. The van der Waals surface area contributed by atoms with Crippen molar-refractivity contribution in [3.63, 3.8) is 0 Å². The van der Waals surface area contributed by atoms with Crippen LogP contribution in [0.2, 0.25) is 0 Å². The SMILES string of the molecule is COC(=O)c1sc2c(c1N=CN(C)C)c1ccccc1c(=O)n2-c1ccc(C)cc1. The molecule has 152 valence electrons. The first-order chi connectivity index (χ1) is 14.4. The van der Waals surface area contributed by atoms with E-state index in [1.807, 2.05) is 63.5 Å². The molecule has 0 radical (unpaired) electrons. The zero-order valence-electron chi connectivity index (χ0n) is 17.2. The van der Waals surface area contributed by atoms with Gasteiger partial charge in [-0.05, 0) is 30.5 Å². The summed E-state index contributed by atoms with van der Waals surface area (Å²) in [6, 6.07) is 15.2. The molecule has 4 aromatic rings. The molecular weight excluding hydrogens is 398 g/mol. The molecular formula is C23H21N3O3S. The van der Waals surface area contributed by atoms with E-state index in [0.717, 1.165) is 22.0 Å². The van der Waals surface area contributed by atoms with Crippen molar-refractivity contribution in [1.29, 1.82) is 0 Å². The van der Waals surface area contributed by atoms with Gasteiger partial charge in [-0.1, -0.05) is 35.9 Å². The zero-order chi connectivity index (χ0) is 21.4. The van der Waals surface area contributed by atoms with Gasteiger partial charge in [-0.25, -0.2) is 9.79 Å². The van der Waals surface area contributed by atoms with E-state index in [1.54, 1.807) is 21.9 Å². The Morgan fingerprint density at radius 3 is 2.40 bits per heavy atom. The molecule has 2 aromatic heterocycles. The molecule has 0 N–H and O–H groups in total. The van der Waals surface area contributed by atoms with Crippen LogP contribution in [0.1, 0.15) is 15.2 Å². The summed E-state index contributed by atoms with van der Waals surface area (Å²) in [5, 5.41) is 2.09. The van der Waals surface area contributed by atoms with Crippen molar-refractivity contribution in [2.75, 3.05) is 21.2 Å². The first-order valence-electron chi connectivity index (χ1n) is 9.38. The highest BCUT2D eigenvalue weighted by Gasteiger charge is 2.24. The summed E-state index contributed by atoms with van der Waals surface area (Å²) in [7, 11) is 5.06. The number of rotatable bonds is 4. The Hall–Kier alpha value is -3.45. The third kappa shape index (κ3) is 3.27. The van der Waals surface area contributed by atoms with Crippen molar-refractivity contribution in [3.8, 4) is 5.69 Å². The topological polar surface area (TPSA) is 63.9 Å². The number of thiophene rings is 1. The van der Waals surface area contributed by atoms with E-state index < -0.39 is 5.97 Å². The minimum Gasteiger partial charge on any atom is -0.465 e. The molecule has 0 amide bonds. The Morgan fingerprint density at radius 1 is 1.10 bits per heavy atom. The first kappa shape index (κ1) is 19.8. The maximum absolute atomic E-state index is 13.5. The number of carbonyl (C=O) groups excluding carboxylic acids is 1. The number of nitrogens with zero attached hydrogens (tertiary/aromatic N) is 3. The minimum atomic E-state index is -0.478. The molecule has 0 aliphatic carbocycles. The Labute approximate surface area is 177 Å². The fourth-order valence-electron chi connectivity index (χ4n) is 3.37. The normalized spacial score (nSPS) is 11.5. The van der Waals surface area contributed by atoms with Gasteiger partial charge in [0.25, 0.3) is 5.56 Å². The number of aryl methyl sites for hydroxylation is 1. The highest BCUT2D eigenvalue weighted by Crippen LogP contribution is 2.42. The smallest absolute Gasteiger partial charge is 0.350 e. The van der Waals surface area contributed by atoms with Gasteiger partial charge in [0.1, 0.15) is 15.4 Å². The van der Waals surface area contributed by atoms with E-state index >= 15 is 0 Å². The molecule has 4 rings (SSSR count). The Balaban J connectivity index is 2.22. The largest absolute Gasteiger partial charge is 0.465 e. The lowest BCUT2D eigenvalue weighted by Crippen LogP contribution is -2.18. The summed E-state index contributed by atoms with van der Waals surface area (Å²) in [5.41, 5.74) is 2.21. The Kier molecular flexibility index (Phi) is 5.13. The molecule has 0 unspecified atom stereocenters. The molecule has 2 heterocycles. The molecule has 0 saturated carbocycles. The Bertz CT molecular complexity index is 1350. The quantitative estimate of drug-likeness (QED) is 0.277. The van der Waals surface area contributed by atoms with E-state index in [-0.39, 0.29) is 5.56 Å². The fourth-order valence-corrected chi connectivity index (χ4v) is 4.57. The van der Waals surface area contributed by atoms with Gasteiger partial charge in [0.15, 0.2) is 0 Å². The van der Waals surface area contributed by atoms with Crippen LogP contribution in [0, 0.1) is 6.92 Å². The molecule has 0 aliphatic heterocycles. The van der Waals surface area contributed by atoms with Crippen LogP contribution in [0.3, 0.4) is 0 Å². The second kappa shape index (κ2) is 7.76. The number of aliphatic imine (C=N–C) groups is 1. The van der Waals surface area contributed by atoms with Crippen molar-refractivity contribution in [3.05, 3.63) is 69.3 Å². The van der Waals surface area contributed by atoms with Crippen LogP contribution < -0.4 is 5.56 Å². The van der Waals surface area contributed by atoms with Crippen molar-refractivity contribution in [2.45, 2.75) is 6.92 Å². The van der Waals surface area contributed by atoms with E-state index in [2.05, 4.69) is 4.99 Å². The predicted octanol–water partition coefficient (Wildman–Crippen LogP) is 4.52. The molecule has 2 aromatic carbocycles. The fraction of sp³-hybridized carbons (Fsp3) is 0.174. The third-order valence-corrected chi connectivity index (χ3v) is 5.92. The van der Waals surface area contributed by atoms with E-state index in [9.17, 15) is 9.59 Å². The van der Waals surface area contributed by atoms with Gasteiger partial charge in [-0.3, -0.25) is 9.36 Å². The Morgan fingerprint density at radius 2 is 1.77 bits per heavy atom. The van der Waals surface area contributed by atoms with Crippen molar-refractivity contribution in [2.24, 2.45) is 4.99 Å². The molecule has 0 fully saturated rings. The van der Waals surface area contributed by atoms with Gasteiger partial charge in [-0.15, -0.1) is 11.3 Å². The highest BCUT2D eigenvalue weighted by atomic mass is 32.1. The van der Waals surface area contributed by atoms with Crippen LogP contribution in [0.15, 0.2) is 58.3 Å². The van der Waals surface area contributed by atoms with Gasteiger partial charge in [0.05, 0.1) is 19.1 Å². The number of hydrogen-bond donors (Lipinski definition) is 0. The van der Waals surface area contributed by atoms with Crippen LogP contribution in [-0.2, 0) is 4.74 Å². The second-order valence-corrected chi connectivity index (χ2v) is 8.18. The number of fused-ring (bicyclic) bond motifs is 3. The number of carbonyl (C=O) groups is 1. The van der Waals surface area contributed by atoms with E-state index in [1.165, 1.54) is 18.4 Å². The maximum Gasteiger partial charge on any atom is 0.350 e. The molecule has 0 atom stereocenters. The second-order valence-electron chi connectivity index (χ2n) is 7.18. The standard InChI is InChI=1S/C23H21N3O3S/c1-14-9-11-15(12-10-14)26-21(27)17-8-6-5-7-16(17)18-19(24-13-25(2)3)20(23(28)29-4)30-22(18)26/h5-13H,1-4H3. The van der Waals surface area contributed by atoms with Gasteiger partial charge in [-0.2, -0.15) is 0 Å². The van der Waals surface area contributed by atoms with Crippen LogP contribution >= 0.6 is 11.3 Å². The number of aromatic nitrogens is 1. The van der Waals surface area contributed by atoms with Crippen LogP contribution in [-0.4, -0.2) is 43.0 Å². The molecule has 0 spiro atoms. The van der Waals surface area contributed by atoms with Crippen LogP contribution in [0.25, 0.3) is 26.7 Å². The van der Waals surface area contributed by atoms with Gasteiger partial charge in [0.2, 0.25) is 0 Å². The predicted molar refractivity (Wildman–Crippen MR) is 123 cm³/mol. The van der Waals surface area contributed by atoms with Crippen molar-refractivity contribution in [1.82, 2.24) is 9.47 Å². The summed E-state index contributed by atoms with van der Waals surface area (Å²) in [4.78, 5) is 33.4. The van der Waals surface area contributed by atoms with E-state index in [0.29, 0.717) is 20.8 Å². The number of benzene rings is 2. The molecule has 30 heavy (non-hydrogen) atoms. The van der Waals surface area contributed by atoms with Crippen molar-refractivity contribution < 1.29 is 9.53 Å². The molecule has 0 saturated heterocycles. The molecule has 6 nitrogen and oxygen atoms in total. The lowest BCUT2D eigenvalue weighted by atomic mass is 10.1. The summed E-state index contributed by atoms with van der Waals surface area (Å²) in [6.45, 7) is 2.00. The number of esters is 1. The number of ether oxygens (including phenoxy) is 1. The molecule has 7 heteroatoms. The summed E-state index contributed by atoms with van der Waals surface area (Å²) < 4.78 is 6.67. The van der Waals surface area contributed by atoms with Crippen LogP contribution in [0.4, 0.5) is 5.69 Å².